The second kappa shape index (κ2) is 3.90. The van der Waals surface area contributed by atoms with Crippen molar-refractivity contribution in [2.24, 2.45) is 5.73 Å². The molecule has 1 aliphatic rings. The number of alkyl halides is 2. The van der Waals surface area contributed by atoms with Crippen LogP contribution in [0.25, 0.3) is 0 Å². The molecule has 0 saturated heterocycles. The average Bonchev–Trinajstić information content (AvgIpc) is 2.88. The van der Waals surface area contributed by atoms with Crippen molar-refractivity contribution in [2.75, 3.05) is 6.54 Å². The van der Waals surface area contributed by atoms with Crippen molar-refractivity contribution in [3.63, 3.8) is 0 Å². The van der Waals surface area contributed by atoms with Gasteiger partial charge in [-0.1, -0.05) is 0 Å². The van der Waals surface area contributed by atoms with E-state index in [4.69, 9.17) is 5.73 Å². The van der Waals surface area contributed by atoms with E-state index in [1.54, 1.807) is 5.38 Å². The molecule has 1 unspecified atom stereocenters. The number of halogens is 2. The first kappa shape index (κ1) is 9.98. The molecule has 0 spiro atoms. The van der Waals surface area contributed by atoms with E-state index in [-0.39, 0.29) is 6.54 Å². The highest BCUT2D eigenvalue weighted by Crippen LogP contribution is 2.42. The lowest BCUT2D eigenvalue weighted by molar-refractivity contribution is 0.115. The molecule has 0 aromatic carbocycles. The summed E-state index contributed by atoms with van der Waals surface area (Å²) in [6, 6.07) is 0. The Labute approximate surface area is 85.1 Å². The van der Waals surface area contributed by atoms with Crippen LogP contribution < -0.4 is 5.73 Å². The van der Waals surface area contributed by atoms with E-state index >= 15 is 0 Å². The van der Waals surface area contributed by atoms with Gasteiger partial charge in [0.25, 0.3) is 0 Å². The molecule has 78 valence electrons. The molecule has 2 N–H and O–H groups in total. The van der Waals surface area contributed by atoms with E-state index in [1.165, 1.54) is 11.3 Å². The molecule has 1 atom stereocenters. The summed E-state index contributed by atoms with van der Waals surface area (Å²) in [7, 11) is 0. The lowest BCUT2D eigenvalue weighted by Gasteiger charge is -2.09. The van der Waals surface area contributed by atoms with Crippen LogP contribution in [0.5, 0.6) is 0 Å². The van der Waals surface area contributed by atoms with Gasteiger partial charge >= 0.3 is 0 Å². The van der Waals surface area contributed by atoms with Gasteiger partial charge in [-0.05, 0) is 12.8 Å². The van der Waals surface area contributed by atoms with Gasteiger partial charge in [0.1, 0.15) is 0 Å². The highest BCUT2D eigenvalue weighted by Gasteiger charge is 2.29. The minimum Gasteiger partial charge on any atom is -0.330 e. The summed E-state index contributed by atoms with van der Waals surface area (Å²) >= 11 is 1.48. The minimum atomic E-state index is -2.41. The maximum absolute atomic E-state index is 12.5. The molecular weight excluding hydrogens is 206 g/mol. The fourth-order valence-corrected chi connectivity index (χ4v) is 2.40. The smallest absolute Gasteiger partial charge is 0.248 e. The van der Waals surface area contributed by atoms with Gasteiger partial charge in [-0.15, -0.1) is 11.3 Å². The monoisotopic (exact) mass is 218 g/mol. The molecule has 0 bridgehead atoms. The number of aromatic nitrogens is 1. The molecule has 1 aromatic rings. The number of nitrogens with two attached hydrogens (primary N) is 1. The molecule has 1 fully saturated rings. The molecule has 14 heavy (non-hydrogen) atoms. The average molecular weight is 218 g/mol. The van der Waals surface area contributed by atoms with Crippen molar-refractivity contribution in [1.29, 1.82) is 0 Å². The summed E-state index contributed by atoms with van der Waals surface area (Å²) in [6.07, 6.45) is -0.113. The largest absolute Gasteiger partial charge is 0.330 e. The molecular formula is C9H12F2N2S. The van der Waals surface area contributed by atoms with E-state index in [9.17, 15) is 8.78 Å². The summed E-state index contributed by atoms with van der Waals surface area (Å²) in [4.78, 5) is 4.22. The second-order valence-corrected chi connectivity index (χ2v) is 4.45. The van der Waals surface area contributed by atoms with Crippen LogP contribution in [-0.4, -0.2) is 18.0 Å². The summed E-state index contributed by atoms with van der Waals surface area (Å²) in [5, 5.41) is 2.72. The quantitative estimate of drug-likeness (QED) is 0.842. The zero-order valence-electron chi connectivity index (χ0n) is 7.62. The Morgan fingerprint density at radius 1 is 1.57 bits per heavy atom. The van der Waals surface area contributed by atoms with Gasteiger partial charge in [0.05, 0.1) is 16.6 Å². The Bertz CT molecular complexity index is 310. The normalized spacial score (nSPS) is 18.9. The van der Waals surface area contributed by atoms with E-state index in [0.29, 0.717) is 11.6 Å². The van der Waals surface area contributed by atoms with Gasteiger partial charge in [0.2, 0.25) is 6.43 Å². The van der Waals surface area contributed by atoms with Crippen molar-refractivity contribution < 1.29 is 8.78 Å². The van der Waals surface area contributed by atoms with Crippen molar-refractivity contribution >= 4 is 11.3 Å². The van der Waals surface area contributed by atoms with Crippen LogP contribution in [0.4, 0.5) is 8.78 Å². The Hall–Kier alpha value is -0.550. The lowest BCUT2D eigenvalue weighted by atomic mass is 10.1. The zero-order chi connectivity index (χ0) is 10.1. The third-order valence-corrected chi connectivity index (χ3v) is 3.43. The fourth-order valence-electron chi connectivity index (χ4n) is 1.34. The van der Waals surface area contributed by atoms with Gasteiger partial charge in [0.15, 0.2) is 0 Å². The van der Waals surface area contributed by atoms with Crippen LogP contribution in [0.15, 0.2) is 5.38 Å². The Balaban J connectivity index is 2.13. The molecule has 1 aliphatic carbocycles. The standard InChI is InChI=1S/C9H12F2N2S/c10-8(11)6(3-12)7-4-14-9(13-7)5-1-2-5/h4-6,8H,1-3,12H2. The molecule has 0 aliphatic heterocycles. The first-order chi connectivity index (χ1) is 6.72. The number of hydrogen-bond donors (Lipinski definition) is 1. The van der Waals surface area contributed by atoms with Crippen molar-refractivity contribution in [3.05, 3.63) is 16.1 Å². The maximum Gasteiger partial charge on any atom is 0.248 e. The molecule has 0 radical (unpaired) electrons. The summed E-state index contributed by atoms with van der Waals surface area (Å²) in [5.74, 6) is -0.358. The predicted octanol–water partition coefficient (Wildman–Crippen LogP) is 2.33. The summed E-state index contributed by atoms with van der Waals surface area (Å²) < 4.78 is 25.0. The van der Waals surface area contributed by atoms with Crippen LogP contribution in [0.3, 0.4) is 0 Å². The highest BCUT2D eigenvalue weighted by atomic mass is 32.1. The predicted molar refractivity (Wildman–Crippen MR) is 51.9 cm³/mol. The van der Waals surface area contributed by atoms with E-state index in [2.05, 4.69) is 4.98 Å². The maximum atomic E-state index is 12.5. The molecule has 0 amide bonds. The van der Waals surface area contributed by atoms with Gasteiger partial charge < -0.3 is 5.73 Å². The van der Waals surface area contributed by atoms with Crippen LogP contribution >= 0.6 is 11.3 Å². The summed E-state index contributed by atoms with van der Waals surface area (Å²) in [5.41, 5.74) is 5.76. The second-order valence-electron chi connectivity index (χ2n) is 3.56. The fraction of sp³-hybridized carbons (Fsp3) is 0.667. The molecule has 1 heterocycles. The lowest BCUT2D eigenvalue weighted by Crippen LogP contribution is -2.19. The molecule has 1 saturated carbocycles. The number of rotatable bonds is 4. The van der Waals surface area contributed by atoms with E-state index in [0.717, 1.165) is 17.8 Å². The Kier molecular flexibility index (Phi) is 2.78. The van der Waals surface area contributed by atoms with Crippen molar-refractivity contribution in [1.82, 2.24) is 4.98 Å². The number of thiazole rings is 1. The Morgan fingerprint density at radius 2 is 2.29 bits per heavy atom. The van der Waals surface area contributed by atoms with Gasteiger partial charge in [-0.2, -0.15) is 0 Å². The molecule has 5 heteroatoms. The first-order valence-corrected chi connectivity index (χ1v) is 5.54. The van der Waals surface area contributed by atoms with Crippen molar-refractivity contribution in [3.8, 4) is 0 Å². The van der Waals surface area contributed by atoms with E-state index < -0.39 is 12.3 Å². The topological polar surface area (TPSA) is 38.9 Å². The van der Waals surface area contributed by atoms with Gasteiger partial charge in [0, 0.05) is 17.8 Å². The SMILES string of the molecule is NCC(c1csc(C2CC2)n1)C(F)F. The zero-order valence-corrected chi connectivity index (χ0v) is 8.44. The van der Waals surface area contributed by atoms with Crippen LogP contribution in [0.2, 0.25) is 0 Å². The number of nitrogens with zero attached hydrogens (tertiary/aromatic N) is 1. The van der Waals surface area contributed by atoms with Crippen molar-refractivity contribution in [2.45, 2.75) is 31.1 Å². The molecule has 2 nitrogen and oxygen atoms in total. The van der Waals surface area contributed by atoms with Gasteiger partial charge in [-0.25, -0.2) is 13.8 Å². The van der Waals surface area contributed by atoms with Gasteiger partial charge in [-0.3, -0.25) is 0 Å². The summed E-state index contributed by atoms with van der Waals surface area (Å²) in [6.45, 7) is -0.0362. The molecule has 1 aromatic heterocycles. The first-order valence-electron chi connectivity index (χ1n) is 4.66. The van der Waals surface area contributed by atoms with Crippen LogP contribution in [-0.2, 0) is 0 Å². The third-order valence-electron chi connectivity index (χ3n) is 2.40. The Morgan fingerprint density at radius 3 is 2.79 bits per heavy atom. The minimum absolute atomic E-state index is 0.0362. The number of hydrogen-bond acceptors (Lipinski definition) is 3. The highest BCUT2D eigenvalue weighted by molar-refractivity contribution is 7.09. The van der Waals surface area contributed by atoms with Crippen LogP contribution in [0, 0.1) is 0 Å². The van der Waals surface area contributed by atoms with E-state index in [1.807, 2.05) is 0 Å². The third kappa shape index (κ3) is 1.93. The molecule has 2 rings (SSSR count). The van der Waals surface area contributed by atoms with Crippen LogP contribution in [0.1, 0.15) is 35.4 Å².